The topological polar surface area (TPSA) is 90.3 Å². The number of aliphatic hydroxyl groups excluding tert-OH is 1. The number of aliphatic hydroxyl groups is 1. The summed E-state index contributed by atoms with van der Waals surface area (Å²) >= 11 is 0. The first-order valence-electron chi connectivity index (χ1n) is 25.3. The Morgan fingerprint density at radius 2 is 0.828 bits per heavy atom. The third-order valence-corrected chi connectivity index (χ3v) is 11.8. The molecule has 0 amide bonds. The number of hydrogen-bond donors (Lipinski definition) is 2. The van der Waals surface area contributed by atoms with Gasteiger partial charge in [0.15, 0.2) is 0 Å². The third kappa shape index (κ3) is 53.0. The highest BCUT2D eigenvalue weighted by atomic mass is 16.5. The Morgan fingerprint density at radius 1 is 0.483 bits per heavy atom. The summed E-state index contributed by atoms with van der Waals surface area (Å²) in [5.74, 6) is 1.95. The molecule has 0 saturated carbocycles. The molecule has 0 heterocycles. The van der Waals surface area contributed by atoms with Crippen LogP contribution < -0.4 is 0 Å². The second-order valence-corrected chi connectivity index (χ2v) is 17.8. The van der Waals surface area contributed by atoms with Crippen molar-refractivity contribution in [1.82, 2.24) is 9.80 Å². The van der Waals surface area contributed by atoms with Gasteiger partial charge >= 0.3 is 0 Å². The molecule has 0 aromatic carbocycles. The van der Waals surface area contributed by atoms with Crippen molar-refractivity contribution in [3.8, 4) is 0 Å². The highest BCUT2D eigenvalue weighted by Gasteiger charge is 2.12. The number of hydrogen-bond acceptors (Lipinski definition) is 6. The fourth-order valence-electron chi connectivity index (χ4n) is 8.22. The zero-order chi connectivity index (χ0) is 43.6. The van der Waals surface area contributed by atoms with Crippen molar-refractivity contribution in [2.45, 2.75) is 252 Å². The minimum atomic E-state index is -0.250. The average Bonchev–Trinajstić information content (AvgIpc) is 3.20. The summed E-state index contributed by atoms with van der Waals surface area (Å²) in [6, 6.07) is 0. The summed E-state index contributed by atoms with van der Waals surface area (Å²) in [4.78, 5) is 23.5. The van der Waals surface area contributed by atoms with Gasteiger partial charge in [-0.3, -0.25) is 4.79 Å². The molecule has 0 radical (unpaired) electrons. The zero-order valence-electron chi connectivity index (χ0n) is 40.5. The highest BCUT2D eigenvalue weighted by Crippen LogP contribution is 2.25. The molecule has 0 aromatic heterocycles. The van der Waals surface area contributed by atoms with E-state index in [9.17, 15) is 9.90 Å². The van der Waals surface area contributed by atoms with Crippen LogP contribution in [-0.2, 0) is 14.3 Å². The van der Waals surface area contributed by atoms with Gasteiger partial charge in [-0.1, -0.05) is 201 Å². The van der Waals surface area contributed by atoms with Crippen molar-refractivity contribution in [2.75, 3.05) is 54.0 Å². The summed E-state index contributed by atoms with van der Waals surface area (Å²) in [6.07, 6.45) is 46.4. The quantitative estimate of drug-likeness (QED) is 0.0467. The van der Waals surface area contributed by atoms with E-state index in [1.807, 2.05) is 21.2 Å². The number of nitrogens with zero attached hydrogens (tertiary/aromatic N) is 2. The van der Waals surface area contributed by atoms with Gasteiger partial charge in [0, 0.05) is 33.2 Å². The Kier molecular flexibility index (Phi) is 57.1. The van der Waals surface area contributed by atoms with Crippen molar-refractivity contribution in [3.05, 3.63) is 0 Å². The number of ether oxygens (including phenoxy) is 1. The van der Waals surface area contributed by atoms with E-state index in [1.165, 1.54) is 186 Å². The van der Waals surface area contributed by atoms with E-state index in [-0.39, 0.29) is 12.6 Å². The molecule has 0 aliphatic rings. The molecule has 7 nitrogen and oxygen atoms in total. The largest absolute Gasteiger partial charge is 0.483 e. The zero-order valence-corrected chi connectivity index (χ0v) is 40.5. The molecule has 1 atom stereocenters. The Labute approximate surface area is 364 Å². The first kappa shape index (κ1) is 61.3. The highest BCUT2D eigenvalue weighted by molar-refractivity contribution is 5.48. The van der Waals surface area contributed by atoms with Crippen LogP contribution in [0.4, 0.5) is 0 Å². The fourth-order valence-corrected chi connectivity index (χ4v) is 8.22. The van der Waals surface area contributed by atoms with Crippen molar-refractivity contribution >= 4 is 12.8 Å². The lowest BCUT2D eigenvalue weighted by molar-refractivity contribution is -0.122. The number of likely N-dealkylation sites (N-methyl/N-ethyl adjacent to an activating group) is 1. The van der Waals surface area contributed by atoms with Crippen LogP contribution in [0, 0.1) is 11.8 Å². The molecular weight excluding hydrogens is 721 g/mol. The van der Waals surface area contributed by atoms with Crippen LogP contribution in [-0.4, -0.2) is 92.9 Å². The van der Waals surface area contributed by atoms with Gasteiger partial charge in [0.25, 0.3) is 6.47 Å². The minimum absolute atomic E-state index is 0.241. The van der Waals surface area contributed by atoms with Gasteiger partial charge in [-0.2, -0.15) is 0 Å². The van der Waals surface area contributed by atoms with Gasteiger partial charge in [-0.25, -0.2) is 0 Å². The third-order valence-electron chi connectivity index (χ3n) is 11.8. The molecule has 0 spiro atoms. The van der Waals surface area contributed by atoms with Gasteiger partial charge in [-0.05, 0) is 77.5 Å². The molecule has 0 aromatic rings. The van der Waals surface area contributed by atoms with E-state index in [2.05, 4.69) is 37.5 Å². The second-order valence-electron chi connectivity index (χ2n) is 17.8. The molecule has 0 saturated heterocycles. The van der Waals surface area contributed by atoms with Crippen molar-refractivity contribution in [2.24, 2.45) is 11.8 Å². The second kappa shape index (κ2) is 54.0. The predicted octanol–water partition coefficient (Wildman–Crippen LogP) is 14.3. The maximum atomic E-state index is 10.6. The lowest BCUT2D eigenvalue weighted by atomic mass is 9.89. The molecule has 58 heavy (non-hydrogen) atoms. The number of unbranched alkanes of at least 4 members (excludes halogenated alkanes) is 20. The van der Waals surface area contributed by atoms with Gasteiger partial charge in [-0.15, -0.1) is 0 Å². The molecule has 0 rings (SSSR count). The first-order valence-corrected chi connectivity index (χ1v) is 25.3. The number of carbonyl (C=O) groups is 2. The van der Waals surface area contributed by atoms with E-state index in [1.54, 1.807) is 0 Å². The lowest BCUT2D eigenvalue weighted by Crippen LogP contribution is -2.33. The normalized spacial score (nSPS) is 11.9. The predicted molar refractivity (Wildman–Crippen MR) is 254 cm³/mol. The molecule has 0 aliphatic heterocycles. The van der Waals surface area contributed by atoms with E-state index in [0.717, 1.165) is 76.6 Å². The summed E-state index contributed by atoms with van der Waals surface area (Å²) in [5, 5.41) is 17.2. The standard InChI is InChI=1S/C33H68N2O2.C17H36O.CH2O2/c1-5-7-9-17-23-32(24-18-10-8-6-2)25-19-13-11-12-14-20-27-35(28-21-15-16-22-30-36)29-26-33(37)31-34(3)4;1-4-6-8-10-13-17(15-12-16-18-3)14-11-9-7-5-2;2-1-3/h30,32-33,37H,5-29,31H2,1-4H3;17H,4-16H2,1-3H3;1H,(H,2,3). The molecular formula is C51H106N2O5. The minimum Gasteiger partial charge on any atom is -0.483 e. The van der Waals surface area contributed by atoms with Crippen LogP contribution in [0.15, 0.2) is 0 Å². The number of carbonyl (C=O) groups excluding carboxylic acids is 1. The monoisotopic (exact) mass is 827 g/mol. The molecule has 0 fully saturated rings. The number of methoxy groups -OCH3 is 1. The number of carboxylic acid groups (broad SMARTS) is 1. The smallest absolute Gasteiger partial charge is 0.290 e. The Hall–Kier alpha value is -1.02. The van der Waals surface area contributed by atoms with E-state index < -0.39 is 0 Å². The van der Waals surface area contributed by atoms with Gasteiger partial charge in [0.1, 0.15) is 6.29 Å². The van der Waals surface area contributed by atoms with E-state index >= 15 is 0 Å². The van der Waals surface area contributed by atoms with Crippen LogP contribution in [0.2, 0.25) is 0 Å². The van der Waals surface area contributed by atoms with Crippen LogP contribution in [0.3, 0.4) is 0 Å². The van der Waals surface area contributed by atoms with Crippen molar-refractivity contribution in [3.63, 3.8) is 0 Å². The van der Waals surface area contributed by atoms with Crippen LogP contribution >= 0.6 is 0 Å². The summed E-state index contributed by atoms with van der Waals surface area (Å²) < 4.78 is 5.18. The number of aldehydes is 1. The van der Waals surface area contributed by atoms with Crippen LogP contribution in [0.5, 0.6) is 0 Å². The lowest BCUT2D eigenvalue weighted by Gasteiger charge is -2.24. The Balaban J connectivity index is -0.00000120. The van der Waals surface area contributed by atoms with Crippen LogP contribution in [0.1, 0.15) is 246 Å². The first-order chi connectivity index (χ1) is 28.3. The molecule has 0 aliphatic carbocycles. The molecule has 7 heteroatoms. The Bertz CT molecular complexity index is 730. The molecule has 0 bridgehead atoms. The van der Waals surface area contributed by atoms with Gasteiger partial charge in [0.2, 0.25) is 0 Å². The van der Waals surface area contributed by atoms with Gasteiger partial charge in [0.05, 0.1) is 6.10 Å². The fraction of sp³-hybridized carbons (Fsp3) is 0.961. The van der Waals surface area contributed by atoms with Gasteiger partial charge < -0.3 is 29.5 Å². The Morgan fingerprint density at radius 3 is 1.19 bits per heavy atom. The summed E-state index contributed by atoms with van der Waals surface area (Å²) in [7, 11) is 5.86. The maximum absolute atomic E-state index is 10.6. The van der Waals surface area contributed by atoms with Crippen molar-refractivity contribution < 1.29 is 24.5 Å². The van der Waals surface area contributed by atoms with E-state index in [0.29, 0.717) is 6.42 Å². The summed E-state index contributed by atoms with van der Waals surface area (Å²) in [6.45, 7) is 13.9. The van der Waals surface area contributed by atoms with Crippen molar-refractivity contribution in [1.29, 1.82) is 0 Å². The molecule has 1 unspecified atom stereocenters. The van der Waals surface area contributed by atoms with E-state index in [4.69, 9.17) is 14.6 Å². The SMILES string of the molecule is CCCCCCC(CCCCCC)CCCCCCCCN(CCCCCC=O)CCC(O)CN(C)C.CCCCCCC(CCCCCC)CCCOC.O=CO. The molecule has 350 valence electrons. The summed E-state index contributed by atoms with van der Waals surface area (Å²) in [5.41, 5.74) is 0. The maximum Gasteiger partial charge on any atom is 0.290 e. The average molecular weight is 827 g/mol. The number of rotatable bonds is 44. The van der Waals surface area contributed by atoms with Crippen LogP contribution in [0.25, 0.3) is 0 Å². The molecule has 2 N–H and O–H groups in total.